The molecule has 1 aromatic heterocycles. The van der Waals surface area contributed by atoms with Gasteiger partial charge in [0.15, 0.2) is 16.7 Å². The van der Waals surface area contributed by atoms with Gasteiger partial charge in [-0.2, -0.15) is 0 Å². The minimum absolute atomic E-state index is 0.133. The number of nitrogens with one attached hydrogen (secondary N) is 1. The maximum atomic E-state index is 12.9. The van der Waals surface area contributed by atoms with Crippen molar-refractivity contribution >= 4 is 29.3 Å². The number of hydrogen-bond donors (Lipinski definition) is 1. The summed E-state index contributed by atoms with van der Waals surface area (Å²) in [6, 6.07) is 5.29. The summed E-state index contributed by atoms with van der Waals surface area (Å²) in [5.41, 5.74) is 0.639. The fraction of sp³-hybridized carbons (Fsp3) is 0.591. The predicted molar refractivity (Wildman–Crippen MR) is 126 cm³/mol. The van der Waals surface area contributed by atoms with Crippen molar-refractivity contribution < 1.29 is 23.7 Å². The van der Waals surface area contributed by atoms with E-state index in [0.29, 0.717) is 42.1 Å². The number of rotatable bonds is 9. The van der Waals surface area contributed by atoms with Crippen molar-refractivity contribution in [2.75, 3.05) is 57.3 Å². The number of benzene rings is 1. The molecule has 180 valence electrons. The second-order valence-electron chi connectivity index (χ2n) is 7.95. The van der Waals surface area contributed by atoms with Crippen LogP contribution in [0.3, 0.4) is 0 Å². The highest BCUT2D eigenvalue weighted by molar-refractivity contribution is 8.00. The molecule has 0 bridgehead atoms. The number of methoxy groups -OCH3 is 2. The Bertz CT molecular complexity index is 943. The molecule has 2 atom stereocenters. The topological polar surface area (TPSA) is 100.0 Å². The standard InChI is InChI=1S/C22H31N5O5S/c1-15(20(28)23-16-6-7-18(29-2)19(13-16)30-3)33-22-25-24-21(26-8-11-31-12-9-26)27(22)14-17-5-4-10-32-17/h6-7,13,15,17H,4-5,8-12,14H2,1-3H3,(H,23,28). The summed E-state index contributed by atoms with van der Waals surface area (Å²) in [6.45, 7) is 6.19. The molecular weight excluding hydrogens is 446 g/mol. The van der Waals surface area contributed by atoms with Gasteiger partial charge < -0.3 is 29.2 Å². The Morgan fingerprint density at radius 1 is 1.21 bits per heavy atom. The van der Waals surface area contributed by atoms with Crippen LogP contribution < -0.4 is 19.7 Å². The first-order chi connectivity index (χ1) is 16.1. The molecular formula is C22H31N5O5S. The van der Waals surface area contributed by atoms with Gasteiger partial charge in [0.05, 0.1) is 45.3 Å². The van der Waals surface area contributed by atoms with E-state index in [4.69, 9.17) is 18.9 Å². The number of nitrogens with zero attached hydrogens (tertiary/aromatic N) is 4. The highest BCUT2D eigenvalue weighted by Gasteiger charge is 2.27. The second kappa shape index (κ2) is 11.1. The molecule has 2 unspecified atom stereocenters. The smallest absolute Gasteiger partial charge is 0.237 e. The van der Waals surface area contributed by atoms with E-state index in [9.17, 15) is 4.79 Å². The second-order valence-corrected chi connectivity index (χ2v) is 9.25. The Balaban J connectivity index is 1.47. The molecule has 2 aliphatic heterocycles. The van der Waals surface area contributed by atoms with Gasteiger partial charge in [-0.1, -0.05) is 11.8 Å². The van der Waals surface area contributed by atoms with Gasteiger partial charge in [0.25, 0.3) is 0 Å². The van der Waals surface area contributed by atoms with Crippen LogP contribution in [-0.2, 0) is 20.8 Å². The summed E-state index contributed by atoms with van der Waals surface area (Å²) < 4.78 is 24.0. The Hall–Kier alpha value is -2.50. The van der Waals surface area contributed by atoms with Crippen molar-refractivity contribution in [1.29, 1.82) is 0 Å². The van der Waals surface area contributed by atoms with Crippen LogP contribution in [0, 0.1) is 0 Å². The molecule has 1 amide bonds. The minimum Gasteiger partial charge on any atom is -0.493 e. The SMILES string of the molecule is COc1ccc(NC(=O)C(C)Sc2nnc(N3CCOCC3)n2CC2CCCO2)cc1OC. The number of thioether (sulfide) groups is 1. The number of ether oxygens (including phenoxy) is 4. The molecule has 1 N–H and O–H groups in total. The van der Waals surface area contributed by atoms with Crippen molar-refractivity contribution in [3.8, 4) is 11.5 Å². The number of hydrogen-bond acceptors (Lipinski definition) is 9. The Morgan fingerprint density at radius 3 is 2.70 bits per heavy atom. The van der Waals surface area contributed by atoms with Crippen LogP contribution in [0.25, 0.3) is 0 Å². The number of amides is 1. The Morgan fingerprint density at radius 2 is 2.00 bits per heavy atom. The largest absolute Gasteiger partial charge is 0.493 e. The van der Waals surface area contributed by atoms with Crippen molar-refractivity contribution in [3.63, 3.8) is 0 Å². The Labute approximate surface area is 197 Å². The first kappa shape index (κ1) is 23.7. The highest BCUT2D eigenvalue weighted by atomic mass is 32.2. The quantitative estimate of drug-likeness (QED) is 0.546. The zero-order valence-corrected chi connectivity index (χ0v) is 20.1. The highest BCUT2D eigenvalue weighted by Crippen LogP contribution is 2.31. The number of morpholine rings is 1. The monoisotopic (exact) mass is 477 g/mol. The maximum Gasteiger partial charge on any atom is 0.237 e. The normalized spacial score (nSPS) is 19.4. The van der Waals surface area contributed by atoms with Crippen LogP contribution in [0.15, 0.2) is 23.4 Å². The molecule has 0 saturated carbocycles. The predicted octanol–water partition coefficient (Wildman–Crippen LogP) is 2.43. The van der Waals surface area contributed by atoms with Gasteiger partial charge in [-0.25, -0.2) is 0 Å². The van der Waals surface area contributed by atoms with E-state index >= 15 is 0 Å². The zero-order chi connectivity index (χ0) is 23.2. The van der Waals surface area contributed by atoms with Crippen LogP contribution >= 0.6 is 11.8 Å². The number of carbonyl (C=O) groups is 1. The van der Waals surface area contributed by atoms with Gasteiger partial charge in [-0.05, 0) is 31.9 Å². The molecule has 0 radical (unpaired) electrons. The molecule has 2 aliphatic rings. The molecule has 3 heterocycles. The van der Waals surface area contributed by atoms with Crippen LogP contribution in [0.2, 0.25) is 0 Å². The van der Waals surface area contributed by atoms with Crippen LogP contribution in [0.1, 0.15) is 19.8 Å². The van der Waals surface area contributed by atoms with E-state index in [2.05, 4.69) is 25.0 Å². The van der Waals surface area contributed by atoms with E-state index in [-0.39, 0.29) is 17.3 Å². The summed E-state index contributed by atoms with van der Waals surface area (Å²) in [4.78, 5) is 15.1. The molecule has 11 heteroatoms. The maximum absolute atomic E-state index is 12.9. The molecule has 2 aromatic rings. The summed E-state index contributed by atoms with van der Waals surface area (Å²) in [6.07, 6.45) is 2.21. The van der Waals surface area contributed by atoms with Gasteiger partial charge in [0.1, 0.15) is 0 Å². The first-order valence-electron chi connectivity index (χ1n) is 11.2. The third-order valence-electron chi connectivity index (χ3n) is 5.70. The lowest BCUT2D eigenvalue weighted by molar-refractivity contribution is -0.115. The average Bonchev–Trinajstić information content (AvgIpc) is 3.50. The van der Waals surface area contributed by atoms with Gasteiger partial charge in [-0.3, -0.25) is 9.36 Å². The van der Waals surface area contributed by atoms with Crippen molar-refractivity contribution in [3.05, 3.63) is 18.2 Å². The van der Waals surface area contributed by atoms with E-state index in [1.54, 1.807) is 32.4 Å². The summed E-state index contributed by atoms with van der Waals surface area (Å²) in [5, 5.41) is 12.2. The van der Waals surface area contributed by atoms with E-state index in [0.717, 1.165) is 38.5 Å². The third-order valence-corrected chi connectivity index (χ3v) is 6.78. The lowest BCUT2D eigenvalue weighted by Gasteiger charge is -2.28. The van der Waals surface area contributed by atoms with Gasteiger partial charge in [-0.15, -0.1) is 10.2 Å². The zero-order valence-electron chi connectivity index (χ0n) is 19.3. The molecule has 33 heavy (non-hydrogen) atoms. The lowest BCUT2D eigenvalue weighted by atomic mass is 10.2. The molecule has 4 rings (SSSR count). The molecule has 2 saturated heterocycles. The van der Waals surface area contributed by atoms with Gasteiger partial charge >= 0.3 is 0 Å². The van der Waals surface area contributed by atoms with Gasteiger partial charge in [0.2, 0.25) is 11.9 Å². The van der Waals surface area contributed by atoms with Gasteiger partial charge in [0, 0.05) is 31.5 Å². The van der Waals surface area contributed by atoms with E-state index in [1.807, 2.05) is 6.92 Å². The van der Waals surface area contributed by atoms with Crippen LogP contribution in [0.4, 0.5) is 11.6 Å². The number of anilines is 2. The summed E-state index contributed by atoms with van der Waals surface area (Å²) >= 11 is 1.39. The Kier molecular flexibility index (Phi) is 7.94. The molecule has 0 spiro atoms. The third kappa shape index (κ3) is 5.71. The first-order valence-corrected chi connectivity index (χ1v) is 12.0. The molecule has 1 aromatic carbocycles. The van der Waals surface area contributed by atoms with Crippen molar-refractivity contribution in [2.45, 2.75) is 42.8 Å². The fourth-order valence-corrected chi connectivity index (χ4v) is 4.74. The van der Waals surface area contributed by atoms with Crippen LogP contribution in [-0.4, -0.2) is 79.2 Å². The minimum atomic E-state index is -0.386. The summed E-state index contributed by atoms with van der Waals surface area (Å²) in [5.74, 6) is 1.84. The van der Waals surface area contributed by atoms with Crippen molar-refractivity contribution in [2.24, 2.45) is 0 Å². The molecule has 10 nitrogen and oxygen atoms in total. The molecule has 2 fully saturated rings. The number of aromatic nitrogens is 3. The van der Waals surface area contributed by atoms with E-state index < -0.39 is 0 Å². The number of carbonyl (C=O) groups excluding carboxylic acids is 1. The lowest BCUT2D eigenvalue weighted by Crippen LogP contribution is -2.38. The van der Waals surface area contributed by atoms with Crippen LogP contribution in [0.5, 0.6) is 11.5 Å². The summed E-state index contributed by atoms with van der Waals surface area (Å²) in [7, 11) is 3.14. The molecule has 0 aliphatic carbocycles. The fourth-order valence-electron chi connectivity index (χ4n) is 3.89. The average molecular weight is 478 g/mol. The van der Waals surface area contributed by atoms with E-state index in [1.165, 1.54) is 11.8 Å². The van der Waals surface area contributed by atoms with Crippen molar-refractivity contribution in [1.82, 2.24) is 14.8 Å².